The van der Waals surface area contributed by atoms with Crippen molar-refractivity contribution in [1.29, 1.82) is 0 Å². The molecule has 3 unspecified atom stereocenters. The first-order valence-corrected chi connectivity index (χ1v) is 9.70. The third kappa shape index (κ3) is 3.70. The van der Waals surface area contributed by atoms with Crippen LogP contribution in [0.15, 0.2) is 54.1 Å². The van der Waals surface area contributed by atoms with Crippen molar-refractivity contribution >= 4 is 29.3 Å². The van der Waals surface area contributed by atoms with Crippen LogP contribution in [0.2, 0.25) is 10.0 Å². The minimum Gasteiger partial charge on any atom is -0.379 e. The Morgan fingerprint density at radius 1 is 1.04 bits per heavy atom. The molecule has 2 aromatic carbocycles. The number of nitrogens with zero attached hydrogens (tertiary/aromatic N) is 1. The molecular weight excluding hydrogens is 365 g/mol. The van der Waals surface area contributed by atoms with Gasteiger partial charge >= 0.3 is 0 Å². The Balaban J connectivity index is 2.18. The van der Waals surface area contributed by atoms with Crippen LogP contribution in [0, 0.1) is 5.92 Å². The summed E-state index contributed by atoms with van der Waals surface area (Å²) < 4.78 is 0. The van der Waals surface area contributed by atoms with Gasteiger partial charge in [-0.25, -0.2) is 0 Å². The Morgan fingerprint density at radius 3 is 2.35 bits per heavy atom. The average Bonchev–Trinajstić information content (AvgIpc) is 2.60. The molecule has 2 aromatic rings. The van der Waals surface area contributed by atoms with E-state index in [1.807, 2.05) is 62.6 Å². The molecule has 4 heteroatoms. The average molecular weight is 390 g/mol. The topological polar surface area (TPSA) is 23.5 Å². The van der Waals surface area contributed by atoms with E-state index >= 15 is 0 Å². The van der Waals surface area contributed by atoms with Crippen molar-refractivity contribution in [1.82, 2.24) is 4.90 Å². The van der Waals surface area contributed by atoms with Crippen LogP contribution in [0.3, 0.4) is 0 Å². The lowest BCUT2D eigenvalue weighted by Gasteiger charge is -2.48. The van der Waals surface area contributed by atoms with Crippen LogP contribution in [0.25, 0.3) is 6.08 Å². The van der Waals surface area contributed by atoms with E-state index in [9.17, 15) is 5.11 Å². The van der Waals surface area contributed by atoms with Crippen molar-refractivity contribution in [3.63, 3.8) is 0 Å². The summed E-state index contributed by atoms with van der Waals surface area (Å²) in [5.41, 5.74) is 1.81. The van der Waals surface area contributed by atoms with Gasteiger partial charge in [0, 0.05) is 16.1 Å². The summed E-state index contributed by atoms with van der Waals surface area (Å²) in [5.74, 6) is 0.269. The monoisotopic (exact) mass is 389 g/mol. The van der Waals surface area contributed by atoms with E-state index in [1.54, 1.807) is 0 Å². The highest BCUT2D eigenvalue weighted by molar-refractivity contribution is 6.30. The van der Waals surface area contributed by atoms with Crippen LogP contribution >= 0.6 is 23.2 Å². The van der Waals surface area contributed by atoms with Gasteiger partial charge in [0.1, 0.15) is 5.60 Å². The summed E-state index contributed by atoms with van der Waals surface area (Å²) in [6.07, 6.45) is 4.07. The summed E-state index contributed by atoms with van der Waals surface area (Å²) in [6.45, 7) is 2.18. The van der Waals surface area contributed by atoms with Crippen LogP contribution in [-0.4, -0.2) is 30.1 Å². The number of halogens is 2. The quantitative estimate of drug-likeness (QED) is 0.735. The summed E-state index contributed by atoms with van der Waals surface area (Å²) in [4.78, 5) is 2.11. The largest absolute Gasteiger partial charge is 0.379 e. The van der Waals surface area contributed by atoms with Crippen molar-refractivity contribution in [2.24, 2.45) is 5.92 Å². The number of aliphatic hydroxyl groups is 1. The molecule has 0 saturated heterocycles. The maximum absolute atomic E-state index is 12.0. The number of rotatable bonds is 3. The zero-order valence-corrected chi connectivity index (χ0v) is 16.9. The van der Waals surface area contributed by atoms with E-state index in [1.165, 1.54) is 0 Å². The zero-order valence-electron chi connectivity index (χ0n) is 15.4. The lowest BCUT2D eigenvalue weighted by atomic mass is 9.67. The van der Waals surface area contributed by atoms with Crippen LogP contribution in [0.1, 0.15) is 30.9 Å². The van der Waals surface area contributed by atoms with E-state index in [0.717, 1.165) is 29.5 Å². The highest BCUT2D eigenvalue weighted by Crippen LogP contribution is 2.47. The van der Waals surface area contributed by atoms with Gasteiger partial charge in [-0.1, -0.05) is 60.5 Å². The van der Waals surface area contributed by atoms with Gasteiger partial charge in [-0.2, -0.15) is 0 Å². The van der Waals surface area contributed by atoms with Crippen molar-refractivity contribution < 1.29 is 5.11 Å². The van der Waals surface area contributed by atoms with Crippen molar-refractivity contribution in [2.75, 3.05) is 14.1 Å². The summed E-state index contributed by atoms with van der Waals surface area (Å²) in [7, 11) is 4.05. The molecule has 3 atom stereocenters. The predicted octanol–water partition coefficient (Wildman–Crippen LogP) is 5.62. The predicted molar refractivity (Wildman–Crippen MR) is 111 cm³/mol. The molecule has 0 bridgehead atoms. The number of benzene rings is 2. The van der Waals surface area contributed by atoms with Crippen LogP contribution in [0.5, 0.6) is 0 Å². The fourth-order valence-electron chi connectivity index (χ4n) is 4.05. The molecule has 3 rings (SSSR count). The van der Waals surface area contributed by atoms with Crippen molar-refractivity contribution in [3.05, 3.63) is 75.3 Å². The molecule has 0 amide bonds. The van der Waals surface area contributed by atoms with Gasteiger partial charge in [-0.3, -0.25) is 0 Å². The Labute approximate surface area is 166 Å². The molecular formula is C22H25Cl2NO. The Hall–Kier alpha value is -1.32. The van der Waals surface area contributed by atoms with Gasteiger partial charge in [0.15, 0.2) is 0 Å². The van der Waals surface area contributed by atoms with Gasteiger partial charge in [0.2, 0.25) is 0 Å². The van der Waals surface area contributed by atoms with Crippen molar-refractivity contribution in [2.45, 2.75) is 31.4 Å². The summed E-state index contributed by atoms with van der Waals surface area (Å²) in [6, 6.07) is 15.3. The highest BCUT2D eigenvalue weighted by Gasteiger charge is 2.47. The van der Waals surface area contributed by atoms with E-state index in [2.05, 4.69) is 17.9 Å². The minimum atomic E-state index is -1.09. The molecule has 0 spiro atoms. The number of hydrogen-bond donors (Lipinski definition) is 1. The molecule has 2 nitrogen and oxygen atoms in total. The van der Waals surface area contributed by atoms with Crippen LogP contribution < -0.4 is 0 Å². The highest BCUT2D eigenvalue weighted by atomic mass is 35.5. The lowest BCUT2D eigenvalue weighted by molar-refractivity contribution is -0.0336. The first kappa shape index (κ1) is 19.4. The molecule has 1 aliphatic rings. The fraction of sp³-hybridized carbons (Fsp3) is 0.364. The Kier molecular flexibility index (Phi) is 5.78. The van der Waals surface area contributed by atoms with Crippen LogP contribution in [0.4, 0.5) is 0 Å². The Morgan fingerprint density at radius 2 is 1.73 bits per heavy atom. The summed E-state index contributed by atoms with van der Waals surface area (Å²) in [5, 5.41) is 13.4. The second-order valence-corrected chi connectivity index (χ2v) is 8.26. The van der Waals surface area contributed by atoms with Gasteiger partial charge in [-0.05, 0) is 73.8 Å². The molecule has 0 aromatic heterocycles. The van der Waals surface area contributed by atoms with E-state index in [4.69, 9.17) is 23.2 Å². The summed E-state index contributed by atoms with van der Waals surface area (Å²) >= 11 is 12.3. The molecule has 1 saturated carbocycles. The van der Waals surface area contributed by atoms with Gasteiger partial charge < -0.3 is 10.0 Å². The second-order valence-electron chi connectivity index (χ2n) is 7.39. The van der Waals surface area contributed by atoms with Crippen molar-refractivity contribution in [3.8, 4) is 0 Å². The standard InChI is InChI=1S/C22H25Cl2NO/c1-15-7-12-21(25(2)3)22(26,17-5-4-6-19(24)14-17)20(15)13-16-8-10-18(23)11-9-16/h4-6,8-11,13-15,21,26H,7,12H2,1-3H3. The third-order valence-electron chi connectivity index (χ3n) is 5.41. The van der Waals surface area contributed by atoms with Crippen LogP contribution in [-0.2, 0) is 5.60 Å². The minimum absolute atomic E-state index is 0.0179. The zero-order chi connectivity index (χ0) is 18.9. The van der Waals surface area contributed by atoms with E-state index in [-0.39, 0.29) is 12.0 Å². The SMILES string of the molecule is CC1CCC(N(C)C)C(O)(c2cccc(Cl)c2)C1=Cc1ccc(Cl)cc1. The maximum atomic E-state index is 12.0. The molecule has 1 aliphatic carbocycles. The smallest absolute Gasteiger partial charge is 0.127 e. The normalized spacial score (nSPS) is 27.9. The first-order valence-electron chi connectivity index (χ1n) is 8.95. The lowest BCUT2D eigenvalue weighted by Crippen LogP contribution is -2.53. The molecule has 1 fully saturated rings. The van der Waals surface area contributed by atoms with E-state index in [0.29, 0.717) is 10.0 Å². The maximum Gasteiger partial charge on any atom is 0.127 e. The van der Waals surface area contributed by atoms with Gasteiger partial charge in [0.25, 0.3) is 0 Å². The molecule has 26 heavy (non-hydrogen) atoms. The molecule has 0 aliphatic heterocycles. The first-order chi connectivity index (χ1) is 12.3. The molecule has 0 radical (unpaired) electrons. The van der Waals surface area contributed by atoms with Gasteiger partial charge in [0.05, 0.1) is 0 Å². The van der Waals surface area contributed by atoms with Gasteiger partial charge in [-0.15, -0.1) is 0 Å². The second kappa shape index (κ2) is 7.74. The number of likely N-dealkylation sites (N-methyl/N-ethyl adjacent to an activating group) is 1. The molecule has 1 N–H and O–H groups in total. The third-order valence-corrected chi connectivity index (χ3v) is 5.89. The number of hydrogen-bond acceptors (Lipinski definition) is 2. The Bertz CT molecular complexity index is 800. The molecule has 138 valence electrons. The van der Waals surface area contributed by atoms with E-state index < -0.39 is 5.60 Å². The fourth-order valence-corrected chi connectivity index (χ4v) is 4.36. The molecule has 0 heterocycles.